The Kier molecular flexibility index (Phi) is 3.87. The molecule has 0 N–H and O–H groups in total. The minimum atomic E-state index is 0.683. The van der Waals surface area contributed by atoms with Crippen molar-refractivity contribution >= 4 is 6.41 Å². The number of hydrogen-bond acceptors (Lipinski definition) is 3. The van der Waals surface area contributed by atoms with E-state index in [2.05, 4.69) is 24.0 Å². The molecule has 18 heavy (non-hydrogen) atoms. The van der Waals surface area contributed by atoms with Gasteiger partial charge in [-0.15, -0.1) is 0 Å². The number of nitrogens with zero attached hydrogens (tertiary/aromatic N) is 2. The molecular formula is C14H20N2O2. The van der Waals surface area contributed by atoms with Crippen LogP contribution in [0.15, 0.2) is 12.1 Å². The Morgan fingerprint density at radius 1 is 1.39 bits per heavy atom. The van der Waals surface area contributed by atoms with Gasteiger partial charge in [0.2, 0.25) is 6.41 Å². The third-order valence-corrected chi connectivity index (χ3v) is 3.23. The van der Waals surface area contributed by atoms with E-state index >= 15 is 0 Å². The highest BCUT2D eigenvalue weighted by Crippen LogP contribution is 2.29. The van der Waals surface area contributed by atoms with Crippen LogP contribution in [0.3, 0.4) is 0 Å². The molecule has 0 saturated heterocycles. The Morgan fingerprint density at radius 3 is 2.83 bits per heavy atom. The fourth-order valence-electron chi connectivity index (χ4n) is 2.20. The van der Waals surface area contributed by atoms with Crippen LogP contribution >= 0.6 is 0 Å². The zero-order chi connectivity index (χ0) is 13.1. The molecule has 1 aromatic rings. The Labute approximate surface area is 108 Å². The predicted octanol–water partition coefficient (Wildman–Crippen LogP) is 1.41. The number of ether oxygens (including phenoxy) is 1. The van der Waals surface area contributed by atoms with Gasteiger partial charge in [-0.05, 0) is 49.8 Å². The smallest absolute Gasteiger partial charge is 0.210 e. The largest absolute Gasteiger partial charge is 0.492 e. The second-order valence-electron chi connectivity index (χ2n) is 5.04. The second-order valence-corrected chi connectivity index (χ2v) is 5.04. The van der Waals surface area contributed by atoms with Crippen molar-refractivity contribution in [2.75, 3.05) is 27.2 Å². The van der Waals surface area contributed by atoms with Crippen LogP contribution in [-0.4, -0.2) is 43.5 Å². The van der Waals surface area contributed by atoms with Crippen LogP contribution in [-0.2, 0) is 17.9 Å². The molecule has 1 aliphatic heterocycles. The van der Waals surface area contributed by atoms with E-state index in [1.165, 1.54) is 16.7 Å². The second kappa shape index (κ2) is 5.40. The molecule has 0 bridgehead atoms. The van der Waals surface area contributed by atoms with Gasteiger partial charge in [0.25, 0.3) is 0 Å². The molecule has 1 amide bonds. The van der Waals surface area contributed by atoms with E-state index in [1.807, 2.05) is 14.1 Å². The first kappa shape index (κ1) is 12.9. The topological polar surface area (TPSA) is 32.8 Å². The summed E-state index contributed by atoms with van der Waals surface area (Å²) in [4.78, 5) is 14.7. The molecule has 0 fully saturated rings. The molecule has 98 valence electrons. The van der Waals surface area contributed by atoms with Crippen molar-refractivity contribution in [1.29, 1.82) is 0 Å². The van der Waals surface area contributed by atoms with E-state index in [4.69, 9.17) is 4.74 Å². The standard InChI is InChI=1S/C14H20N2O2/c1-11-6-13(18-5-4-15(2)3)7-12-8-16(10-17)9-14(11)12/h6-7,10H,4-5,8-9H2,1-3H3. The van der Waals surface area contributed by atoms with Crippen LogP contribution < -0.4 is 4.74 Å². The van der Waals surface area contributed by atoms with E-state index in [9.17, 15) is 4.79 Å². The molecule has 0 spiro atoms. The van der Waals surface area contributed by atoms with E-state index in [-0.39, 0.29) is 0 Å². The lowest BCUT2D eigenvalue weighted by Gasteiger charge is -2.12. The quantitative estimate of drug-likeness (QED) is 0.739. The lowest BCUT2D eigenvalue weighted by Crippen LogP contribution is -2.19. The first-order chi connectivity index (χ1) is 8.60. The van der Waals surface area contributed by atoms with Crippen molar-refractivity contribution in [3.8, 4) is 5.75 Å². The van der Waals surface area contributed by atoms with Gasteiger partial charge in [-0.2, -0.15) is 0 Å². The minimum Gasteiger partial charge on any atom is -0.492 e. The molecule has 0 saturated carbocycles. The van der Waals surface area contributed by atoms with Crippen LogP contribution in [0, 0.1) is 6.92 Å². The van der Waals surface area contributed by atoms with Gasteiger partial charge >= 0.3 is 0 Å². The Morgan fingerprint density at radius 2 is 2.17 bits per heavy atom. The maximum Gasteiger partial charge on any atom is 0.210 e. The third kappa shape index (κ3) is 2.82. The van der Waals surface area contributed by atoms with Crippen molar-refractivity contribution in [2.45, 2.75) is 20.0 Å². The summed E-state index contributed by atoms with van der Waals surface area (Å²) in [5.74, 6) is 0.904. The summed E-state index contributed by atoms with van der Waals surface area (Å²) in [7, 11) is 4.05. The number of fused-ring (bicyclic) bond motifs is 1. The number of carbonyl (C=O) groups excluding carboxylic acids is 1. The molecule has 0 aromatic heterocycles. The van der Waals surface area contributed by atoms with Gasteiger partial charge in [0.15, 0.2) is 0 Å². The summed E-state index contributed by atoms with van der Waals surface area (Å²) in [6.45, 7) is 5.08. The summed E-state index contributed by atoms with van der Waals surface area (Å²) in [6, 6.07) is 4.12. The van der Waals surface area contributed by atoms with Crippen molar-refractivity contribution in [3.63, 3.8) is 0 Å². The molecule has 0 atom stereocenters. The van der Waals surface area contributed by atoms with Crippen molar-refractivity contribution in [2.24, 2.45) is 0 Å². The molecule has 4 nitrogen and oxygen atoms in total. The number of benzene rings is 1. The first-order valence-electron chi connectivity index (χ1n) is 6.19. The Bertz CT molecular complexity index is 444. The van der Waals surface area contributed by atoms with Crippen molar-refractivity contribution in [1.82, 2.24) is 9.80 Å². The average molecular weight is 248 g/mol. The van der Waals surface area contributed by atoms with Crippen LogP contribution in [0.25, 0.3) is 0 Å². The number of hydrogen-bond donors (Lipinski definition) is 0. The summed E-state index contributed by atoms with van der Waals surface area (Å²) in [6.07, 6.45) is 0.909. The summed E-state index contributed by atoms with van der Waals surface area (Å²) in [5, 5.41) is 0. The normalized spacial score (nSPS) is 13.9. The summed E-state index contributed by atoms with van der Waals surface area (Å²) < 4.78 is 5.74. The summed E-state index contributed by atoms with van der Waals surface area (Å²) >= 11 is 0. The highest BCUT2D eigenvalue weighted by Gasteiger charge is 2.20. The molecule has 1 aromatic carbocycles. The maximum absolute atomic E-state index is 10.8. The van der Waals surface area contributed by atoms with Crippen LogP contribution in [0.1, 0.15) is 16.7 Å². The number of amides is 1. The van der Waals surface area contributed by atoms with Crippen LogP contribution in [0.2, 0.25) is 0 Å². The number of carbonyl (C=O) groups is 1. The van der Waals surface area contributed by atoms with Crippen molar-refractivity contribution in [3.05, 3.63) is 28.8 Å². The first-order valence-corrected chi connectivity index (χ1v) is 6.19. The maximum atomic E-state index is 10.8. The molecule has 0 radical (unpaired) electrons. The Hall–Kier alpha value is -1.55. The third-order valence-electron chi connectivity index (χ3n) is 3.23. The fraction of sp³-hybridized carbons (Fsp3) is 0.500. The van der Waals surface area contributed by atoms with E-state index < -0.39 is 0 Å². The van der Waals surface area contributed by atoms with Crippen molar-refractivity contribution < 1.29 is 9.53 Å². The molecule has 1 aliphatic rings. The van der Waals surface area contributed by atoms with Gasteiger partial charge in [-0.1, -0.05) is 0 Å². The zero-order valence-electron chi connectivity index (χ0n) is 11.3. The van der Waals surface area contributed by atoms with Crippen LogP contribution in [0.5, 0.6) is 5.75 Å². The average Bonchev–Trinajstić information content (AvgIpc) is 2.72. The Balaban J connectivity index is 2.07. The van der Waals surface area contributed by atoms with Gasteiger partial charge in [0.1, 0.15) is 12.4 Å². The zero-order valence-corrected chi connectivity index (χ0v) is 11.3. The monoisotopic (exact) mass is 248 g/mol. The fourth-order valence-corrected chi connectivity index (χ4v) is 2.20. The van der Waals surface area contributed by atoms with Gasteiger partial charge in [0, 0.05) is 19.6 Å². The molecule has 1 heterocycles. The van der Waals surface area contributed by atoms with Gasteiger partial charge in [-0.3, -0.25) is 4.79 Å². The van der Waals surface area contributed by atoms with E-state index in [1.54, 1.807) is 4.90 Å². The number of rotatable bonds is 5. The summed E-state index contributed by atoms with van der Waals surface area (Å²) in [5.41, 5.74) is 3.68. The minimum absolute atomic E-state index is 0.683. The van der Waals surface area contributed by atoms with Gasteiger partial charge < -0.3 is 14.5 Å². The molecular weight excluding hydrogens is 228 g/mol. The van der Waals surface area contributed by atoms with E-state index in [0.717, 1.165) is 25.2 Å². The highest BCUT2D eigenvalue weighted by atomic mass is 16.5. The lowest BCUT2D eigenvalue weighted by atomic mass is 10.0. The molecule has 2 rings (SSSR count). The highest BCUT2D eigenvalue weighted by molar-refractivity contribution is 5.53. The van der Waals surface area contributed by atoms with E-state index in [0.29, 0.717) is 13.2 Å². The number of likely N-dealkylation sites (N-methyl/N-ethyl adjacent to an activating group) is 1. The van der Waals surface area contributed by atoms with Gasteiger partial charge in [0.05, 0.1) is 0 Å². The molecule has 0 unspecified atom stereocenters. The predicted molar refractivity (Wildman–Crippen MR) is 70.5 cm³/mol. The molecule has 0 aliphatic carbocycles. The van der Waals surface area contributed by atoms with Gasteiger partial charge in [-0.25, -0.2) is 0 Å². The number of aryl methyl sites for hydroxylation is 1. The molecule has 4 heteroatoms. The SMILES string of the molecule is Cc1cc(OCCN(C)C)cc2c1CN(C=O)C2. The van der Waals surface area contributed by atoms with Crippen LogP contribution in [0.4, 0.5) is 0 Å². The lowest BCUT2D eigenvalue weighted by molar-refractivity contribution is -0.118.